The van der Waals surface area contributed by atoms with Crippen LogP contribution < -0.4 is 15.5 Å². The first kappa shape index (κ1) is 22.7. The average Bonchev–Trinajstić information content (AvgIpc) is 3.41. The number of rotatable bonds is 5. The number of benzene rings is 2. The number of carbonyl (C=O) groups excluding carboxylic acids is 2. The predicted octanol–water partition coefficient (Wildman–Crippen LogP) is 4.21. The van der Waals surface area contributed by atoms with Gasteiger partial charge in [-0.25, -0.2) is 13.6 Å². The zero-order valence-electron chi connectivity index (χ0n) is 17.3. The van der Waals surface area contributed by atoms with E-state index in [9.17, 15) is 23.5 Å². The molecule has 170 valence electrons. The van der Waals surface area contributed by atoms with Crippen molar-refractivity contribution in [2.45, 2.75) is 44.2 Å². The molecule has 1 unspecified atom stereocenters. The number of urea groups is 1. The van der Waals surface area contributed by atoms with Gasteiger partial charge in [0.25, 0.3) is 5.91 Å². The molecule has 9 heteroatoms. The average molecular weight is 508 g/mol. The largest absolute Gasteiger partial charge is 0.394 e. The van der Waals surface area contributed by atoms with Gasteiger partial charge in [-0.1, -0.05) is 12.8 Å². The van der Waals surface area contributed by atoms with E-state index in [0.717, 1.165) is 37.3 Å². The summed E-state index contributed by atoms with van der Waals surface area (Å²) in [6.45, 7) is -0.137. The molecule has 6 nitrogen and oxygen atoms in total. The van der Waals surface area contributed by atoms with E-state index in [0.29, 0.717) is 23.1 Å². The van der Waals surface area contributed by atoms with Gasteiger partial charge in [-0.3, -0.25) is 9.69 Å². The maximum atomic E-state index is 14.3. The predicted molar refractivity (Wildman–Crippen MR) is 120 cm³/mol. The van der Waals surface area contributed by atoms with Crippen LogP contribution in [-0.2, 0) is 6.42 Å². The van der Waals surface area contributed by atoms with Crippen LogP contribution >= 0.6 is 15.9 Å². The zero-order chi connectivity index (χ0) is 22.8. The first-order valence-electron chi connectivity index (χ1n) is 10.6. The third-order valence-electron chi connectivity index (χ3n) is 6.02. The fourth-order valence-electron chi connectivity index (χ4n) is 4.34. The van der Waals surface area contributed by atoms with Gasteiger partial charge in [-0.15, -0.1) is 0 Å². The highest BCUT2D eigenvalue weighted by molar-refractivity contribution is 9.10. The number of nitrogens with one attached hydrogen (secondary N) is 2. The highest BCUT2D eigenvalue weighted by Gasteiger charge is 2.28. The second-order valence-corrected chi connectivity index (χ2v) is 9.06. The van der Waals surface area contributed by atoms with Gasteiger partial charge in [0, 0.05) is 18.2 Å². The number of anilines is 1. The molecule has 0 bridgehead atoms. The molecule has 0 spiro atoms. The normalized spacial score (nSPS) is 16.7. The fourth-order valence-corrected chi connectivity index (χ4v) is 4.73. The van der Waals surface area contributed by atoms with E-state index in [1.165, 1.54) is 23.1 Å². The van der Waals surface area contributed by atoms with E-state index < -0.39 is 30.3 Å². The zero-order valence-corrected chi connectivity index (χ0v) is 18.9. The third-order valence-corrected chi connectivity index (χ3v) is 6.63. The number of halogens is 3. The van der Waals surface area contributed by atoms with Gasteiger partial charge < -0.3 is 15.7 Å². The first-order chi connectivity index (χ1) is 15.4. The molecule has 1 aliphatic carbocycles. The Balaban J connectivity index is 1.51. The van der Waals surface area contributed by atoms with E-state index in [2.05, 4.69) is 26.6 Å². The summed E-state index contributed by atoms with van der Waals surface area (Å²) in [6.07, 6.45) is 4.48. The van der Waals surface area contributed by atoms with Crippen LogP contribution in [0, 0.1) is 11.6 Å². The van der Waals surface area contributed by atoms with Gasteiger partial charge in [-0.05, 0) is 76.7 Å². The van der Waals surface area contributed by atoms with Crippen molar-refractivity contribution in [2.24, 2.45) is 0 Å². The Morgan fingerprint density at radius 2 is 1.91 bits per heavy atom. The van der Waals surface area contributed by atoms with E-state index in [1.807, 2.05) is 0 Å². The monoisotopic (exact) mass is 507 g/mol. The van der Waals surface area contributed by atoms with E-state index in [4.69, 9.17) is 0 Å². The number of nitrogens with zero attached hydrogens (tertiary/aromatic N) is 1. The number of fused-ring (bicyclic) bond motifs is 1. The minimum absolute atomic E-state index is 0.0817. The number of aliphatic hydroxyl groups is 1. The van der Waals surface area contributed by atoms with Gasteiger partial charge in [-0.2, -0.15) is 0 Å². The van der Waals surface area contributed by atoms with Crippen LogP contribution in [0.4, 0.5) is 19.3 Å². The lowest BCUT2D eigenvalue weighted by molar-refractivity contribution is 0.0937. The molecule has 1 heterocycles. The van der Waals surface area contributed by atoms with Crippen molar-refractivity contribution in [3.8, 4) is 0 Å². The Kier molecular flexibility index (Phi) is 6.76. The fraction of sp³-hybridized carbons (Fsp3) is 0.391. The topological polar surface area (TPSA) is 81.7 Å². The van der Waals surface area contributed by atoms with Crippen LogP contribution in [0.1, 0.15) is 53.2 Å². The smallest absolute Gasteiger partial charge is 0.322 e. The van der Waals surface area contributed by atoms with Crippen molar-refractivity contribution in [1.82, 2.24) is 10.6 Å². The molecule has 1 fully saturated rings. The molecule has 2 aromatic carbocycles. The Bertz CT molecular complexity index is 1040. The van der Waals surface area contributed by atoms with Gasteiger partial charge in [0.2, 0.25) is 0 Å². The van der Waals surface area contributed by atoms with Crippen molar-refractivity contribution < 1.29 is 23.5 Å². The lowest BCUT2D eigenvalue weighted by Gasteiger charge is -2.23. The Hall–Kier alpha value is -2.52. The van der Waals surface area contributed by atoms with Crippen LogP contribution in [0.25, 0.3) is 0 Å². The van der Waals surface area contributed by atoms with Crippen LogP contribution in [0.15, 0.2) is 34.8 Å². The van der Waals surface area contributed by atoms with E-state index in [-0.39, 0.29) is 23.1 Å². The van der Waals surface area contributed by atoms with E-state index in [1.54, 1.807) is 6.07 Å². The standard InChI is InChI=1S/C23H24BrF2N3O3/c24-18-10-13-5-6-29(21(13)11-19(18)26)23(32)28-20(12-30)14-7-15(9-16(25)8-14)22(31)27-17-3-1-2-4-17/h7-11,17,20,30H,1-6,12H2,(H,27,31)(H,28,32). The van der Waals surface area contributed by atoms with E-state index >= 15 is 0 Å². The number of hydrogen-bond acceptors (Lipinski definition) is 3. The minimum atomic E-state index is -0.930. The van der Waals surface area contributed by atoms with Crippen molar-refractivity contribution in [1.29, 1.82) is 0 Å². The molecule has 0 saturated heterocycles. The summed E-state index contributed by atoms with van der Waals surface area (Å²) in [5.74, 6) is -1.49. The summed E-state index contributed by atoms with van der Waals surface area (Å²) in [5, 5.41) is 15.5. The molecule has 1 saturated carbocycles. The van der Waals surface area contributed by atoms with Gasteiger partial charge in [0.1, 0.15) is 11.6 Å². The maximum absolute atomic E-state index is 14.3. The number of carbonyl (C=O) groups is 2. The molecule has 0 aromatic heterocycles. The van der Waals surface area contributed by atoms with Crippen molar-refractivity contribution in [3.05, 3.63) is 63.1 Å². The Morgan fingerprint density at radius 1 is 1.16 bits per heavy atom. The molecular weight excluding hydrogens is 484 g/mol. The third kappa shape index (κ3) is 4.78. The molecule has 2 aliphatic rings. The lowest BCUT2D eigenvalue weighted by Crippen LogP contribution is -2.42. The molecule has 3 N–H and O–H groups in total. The summed E-state index contributed by atoms with van der Waals surface area (Å²) >= 11 is 3.14. The van der Waals surface area contributed by atoms with Crippen LogP contribution in [0.5, 0.6) is 0 Å². The van der Waals surface area contributed by atoms with Gasteiger partial charge in [0.15, 0.2) is 0 Å². The molecule has 32 heavy (non-hydrogen) atoms. The van der Waals surface area contributed by atoms with Crippen LogP contribution in [0.2, 0.25) is 0 Å². The number of aliphatic hydroxyl groups excluding tert-OH is 1. The SMILES string of the molecule is O=C(NC1CCCC1)c1cc(F)cc(C(CO)NC(=O)N2CCc3cc(Br)c(F)cc32)c1. The lowest BCUT2D eigenvalue weighted by atomic mass is 10.0. The maximum Gasteiger partial charge on any atom is 0.322 e. The summed E-state index contributed by atoms with van der Waals surface area (Å²) < 4.78 is 28.6. The molecule has 1 aliphatic heterocycles. The quantitative estimate of drug-likeness (QED) is 0.567. The molecule has 3 amide bonds. The molecule has 4 rings (SSSR count). The number of hydrogen-bond donors (Lipinski definition) is 3. The number of amides is 3. The molecule has 0 radical (unpaired) electrons. The summed E-state index contributed by atoms with van der Waals surface area (Å²) in [7, 11) is 0. The minimum Gasteiger partial charge on any atom is -0.394 e. The highest BCUT2D eigenvalue weighted by Crippen LogP contribution is 2.33. The second kappa shape index (κ2) is 9.54. The highest BCUT2D eigenvalue weighted by atomic mass is 79.9. The van der Waals surface area contributed by atoms with Crippen molar-refractivity contribution in [2.75, 3.05) is 18.1 Å². The second-order valence-electron chi connectivity index (χ2n) is 8.21. The van der Waals surface area contributed by atoms with Crippen molar-refractivity contribution >= 4 is 33.6 Å². The van der Waals surface area contributed by atoms with Gasteiger partial charge in [0.05, 0.1) is 22.8 Å². The van der Waals surface area contributed by atoms with Crippen molar-refractivity contribution in [3.63, 3.8) is 0 Å². The van der Waals surface area contributed by atoms with Crippen LogP contribution in [-0.4, -0.2) is 36.2 Å². The Labute approximate surface area is 193 Å². The Morgan fingerprint density at radius 3 is 2.62 bits per heavy atom. The molecule has 1 atom stereocenters. The summed E-state index contributed by atoms with van der Waals surface area (Å²) in [6, 6.07) is 5.34. The molecule has 2 aromatic rings. The van der Waals surface area contributed by atoms with Crippen LogP contribution in [0.3, 0.4) is 0 Å². The van der Waals surface area contributed by atoms with Gasteiger partial charge >= 0.3 is 6.03 Å². The molecular formula is C23H24BrF2N3O3. The first-order valence-corrected chi connectivity index (χ1v) is 11.4. The summed E-state index contributed by atoms with van der Waals surface area (Å²) in [5.41, 5.74) is 1.69. The summed E-state index contributed by atoms with van der Waals surface area (Å²) in [4.78, 5) is 26.8.